The number of carbonyl (C=O) groups excluding carboxylic acids is 1. The van der Waals surface area contributed by atoms with Gasteiger partial charge >= 0.3 is 0 Å². The number of fused-ring (bicyclic) bond motifs is 1. The van der Waals surface area contributed by atoms with E-state index in [0.29, 0.717) is 29.8 Å². The molecular weight excluding hydrogens is 430 g/mol. The molecule has 1 unspecified atom stereocenters. The number of aliphatic hydroxyl groups is 1. The Morgan fingerprint density at radius 1 is 1.24 bits per heavy atom. The highest BCUT2D eigenvalue weighted by Crippen LogP contribution is 2.28. The van der Waals surface area contributed by atoms with Gasteiger partial charge in [-0.2, -0.15) is 0 Å². The number of amides is 1. The van der Waals surface area contributed by atoms with Crippen LogP contribution in [0, 0.1) is 6.92 Å². The van der Waals surface area contributed by atoms with Crippen molar-refractivity contribution in [2.45, 2.75) is 57.7 Å². The topological polar surface area (TPSA) is 116 Å². The third-order valence-electron chi connectivity index (χ3n) is 6.27. The molecule has 1 aromatic carbocycles. The van der Waals surface area contributed by atoms with E-state index in [1.165, 1.54) is 0 Å². The van der Waals surface area contributed by atoms with E-state index in [9.17, 15) is 9.90 Å². The second-order valence-corrected chi connectivity index (χ2v) is 10.1. The number of aromatic nitrogens is 3. The minimum atomic E-state index is -0.868. The fourth-order valence-corrected chi connectivity index (χ4v) is 4.23. The molecule has 1 saturated carbocycles. The Morgan fingerprint density at radius 2 is 2.06 bits per heavy atom. The molecule has 9 nitrogen and oxygen atoms in total. The summed E-state index contributed by atoms with van der Waals surface area (Å²) in [4.78, 5) is 17.2. The van der Waals surface area contributed by atoms with Crippen LogP contribution in [0.4, 0.5) is 11.5 Å². The molecule has 5 N–H and O–H groups in total. The van der Waals surface area contributed by atoms with Crippen molar-refractivity contribution in [3.63, 3.8) is 0 Å². The van der Waals surface area contributed by atoms with E-state index < -0.39 is 5.60 Å². The molecule has 0 spiro atoms. The SMILES string of the molecule is Cc1cc(-c2cnc3c(NCC(C)(C)O)cc(NC4CCNC4)nn23)ccc1C(=O)NC1CC1. The Morgan fingerprint density at radius 3 is 2.74 bits per heavy atom. The second kappa shape index (κ2) is 8.88. The Labute approximate surface area is 199 Å². The molecule has 1 aliphatic carbocycles. The van der Waals surface area contributed by atoms with Gasteiger partial charge in [-0.3, -0.25) is 4.79 Å². The summed E-state index contributed by atoms with van der Waals surface area (Å²) in [5.41, 5.74) is 4.00. The summed E-state index contributed by atoms with van der Waals surface area (Å²) in [6.45, 7) is 7.75. The van der Waals surface area contributed by atoms with E-state index in [-0.39, 0.29) is 5.91 Å². The highest BCUT2D eigenvalue weighted by Gasteiger charge is 2.25. The van der Waals surface area contributed by atoms with Gasteiger partial charge < -0.3 is 26.4 Å². The molecule has 9 heteroatoms. The molecule has 2 aromatic heterocycles. The Balaban J connectivity index is 1.50. The van der Waals surface area contributed by atoms with Gasteiger partial charge in [0, 0.05) is 42.4 Å². The molecule has 180 valence electrons. The zero-order valence-corrected chi connectivity index (χ0v) is 20.0. The Bertz CT molecular complexity index is 1200. The summed E-state index contributed by atoms with van der Waals surface area (Å²) < 4.78 is 1.83. The molecular formula is C25H33N7O2. The zero-order chi connectivity index (χ0) is 23.9. The highest BCUT2D eigenvalue weighted by molar-refractivity contribution is 5.96. The lowest BCUT2D eigenvalue weighted by Crippen LogP contribution is -2.29. The van der Waals surface area contributed by atoms with Gasteiger partial charge in [-0.1, -0.05) is 6.07 Å². The van der Waals surface area contributed by atoms with Crippen LogP contribution in [0.1, 0.15) is 49.0 Å². The number of carbonyl (C=O) groups is 1. The summed E-state index contributed by atoms with van der Waals surface area (Å²) in [6.07, 6.45) is 4.96. The summed E-state index contributed by atoms with van der Waals surface area (Å²) in [5, 5.41) is 28.4. The summed E-state index contributed by atoms with van der Waals surface area (Å²) in [6, 6.07) is 8.42. The van der Waals surface area contributed by atoms with Crippen LogP contribution in [0.5, 0.6) is 0 Å². The molecule has 0 bridgehead atoms. The molecule has 5 rings (SSSR count). The third-order valence-corrected chi connectivity index (χ3v) is 6.27. The van der Waals surface area contributed by atoms with Crippen molar-refractivity contribution in [1.82, 2.24) is 25.2 Å². The predicted molar refractivity (Wildman–Crippen MR) is 133 cm³/mol. The van der Waals surface area contributed by atoms with E-state index >= 15 is 0 Å². The quantitative estimate of drug-likeness (QED) is 0.349. The van der Waals surface area contributed by atoms with Crippen LogP contribution < -0.4 is 21.3 Å². The number of hydrogen-bond donors (Lipinski definition) is 5. The largest absolute Gasteiger partial charge is 0.389 e. The summed E-state index contributed by atoms with van der Waals surface area (Å²) in [5.74, 6) is 0.730. The molecule has 1 amide bonds. The van der Waals surface area contributed by atoms with E-state index in [1.807, 2.05) is 35.7 Å². The number of anilines is 2. The monoisotopic (exact) mass is 463 g/mol. The van der Waals surface area contributed by atoms with Crippen molar-refractivity contribution in [2.24, 2.45) is 0 Å². The van der Waals surface area contributed by atoms with Crippen LogP contribution in [-0.4, -0.2) is 62.9 Å². The first-order valence-electron chi connectivity index (χ1n) is 12.0. The van der Waals surface area contributed by atoms with Crippen molar-refractivity contribution in [2.75, 3.05) is 30.3 Å². The molecule has 0 radical (unpaired) electrons. The number of nitrogens with zero attached hydrogens (tertiary/aromatic N) is 3. The summed E-state index contributed by atoms with van der Waals surface area (Å²) >= 11 is 0. The van der Waals surface area contributed by atoms with Gasteiger partial charge in [0.1, 0.15) is 5.82 Å². The van der Waals surface area contributed by atoms with Crippen LogP contribution in [0.15, 0.2) is 30.5 Å². The molecule has 34 heavy (non-hydrogen) atoms. The van der Waals surface area contributed by atoms with Crippen molar-refractivity contribution < 1.29 is 9.90 Å². The van der Waals surface area contributed by atoms with Crippen molar-refractivity contribution >= 4 is 23.1 Å². The van der Waals surface area contributed by atoms with Crippen LogP contribution >= 0.6 is 0 Å². The molecule has 1 aliphatic heterocycles. The van der Waals surface area contributed by atoms with E-state index in [1.54, 1.807) is 20.0 Å². The van der Waals surface area contributed by atoms with E-state index in [4.69, 9.17) is 5.10 Å². The van der Waals surface area contributed by atoms with Gasteiger partial charge in [0.15, 0.2) is 5.65 Å². The van der Waals surface area contributed by atoms with Crippen LogP contribution in [0.2, 0.25) is 0 Å². The van der Waals surface area contributed by atoms with Gasteiger partial charge in [-0.05, 0) is 64.3 Å². The van der Waals surface area contributed by atoms with E-state index in [0.717, 1.165) is 60.7 Å². The molecule has 2 fully saturated rings. The lowest BCUT2D eigenvalue weighted by Gasteiger charge is -2.20. The second-order valence-electron chi connectivity index (χ2n) is 10.1. The van der Waals surface area contributed by atoms with Crippen LogP contribution in [-0.2, 0) is 0 Å². The first kappa shape index (κ1) is 22.6. The normalized spacial score (nSPS) is 18.3. The fraction of sp³-hybridized carbons (Fsp3) is 0.480. The number of aryl methyl sites for hydroxylation is 1. The smallest absolute Gasteiger partial charge is 0.251 e. The molecule has 1 atom stereocenters. The average molecular weight is 464 g/mol. The van der Waals surface area contributed by atoms with Gasteiger partial charge in [-0.25, -0.2) is 9.50 Å². The first-order valence-corrected chi connectivity index (χ1v) is 12.0. The van der Waals surface area contributed by atoms with Gasteiger partial charge in [0.25, 0.3) is 5.91 Å². The van der Waals surface area contributed by atoms with Gasteiger partial charge in [0.2, 0.25) is 0 Å². The van der Waals surface area contributed by atoms with Crippen LogP contribution in [0.25, 0.3) is 16.9 Å². The van der Waals surface area contributed by atoms with Crippen molar-refractivity contribution in [3.05, 3.63) is 41.6 Å². The number of imidazole rings is 1. The van der Waals surface area contributed by atoms with Crippen molar-refractivity contribution in [1.29, 1.82) is 0 Å². The number of nitrogens with one attached hydrogen (secondary N) is 4. The lowest BCUT2D eigenvalue weighted by molar-refractivity contribution is 0.0940. The number of rotatable bonds is 8. The molecule has 2 aliphatic rings. The fourth-order valence-electron chi connectivity index (χ4n) is 4.23. The maximum Gasteiger partial charge on any atom is 0.251 e. The number of benzene rings is 1. The first-order chi connectivity index (χ1) is 16.3. The Hall–Kier alpha value is -3.17. The van der Waals surface area contributed by atoms with E-state index in [2.05, 4.69) is 26.3 Å². The minimum Gasteiger partial charge on any atom is -0.389 e. The molecule has 3 aromatic rings. The van der Waals surface area contributed by atoms with Gasteiger partial charge in [0.05, 0.1) is 23.2 Å². The lowest BCUT2D eigenvalue weighted by atomic mass is 10.0. The maximum absolute atomic E-state index is 12.5. The third kappa shape index (κ3) is 5.00. The predicted octanol–water partition coefficient (Wildman–Crippen LogP) is 2.55. The van der Waals surface area contributed by atoms with Crippen LogP contribution in [0.3, 0.4) is 0 Å². The molecule has 3 heterocycles. The maximum atomic E-state index is 12.5. The number of hydrogen-bond acceptors (Lipinski definition) is 7. The Kier molecular flexibility index (Phi) is 5.91. The standard InChI is InChI=1S/C25H33N7O2/c1-15-10-16(4-7-19(15)24(33)30-17-5-6-17)21-13-27-23-20(28-14-25(2,3)34)11-22(31-32(21)23)29-18-8-9-26-12-18/h4,7,10-11,13,17-18,26,28,34H,5-6,8-9,12,14H2,1-3H3,(H,29,31)(H,30,33). The average Bonchev–Trinajstić information content (AvgIpc) is 3.26. The highest BCUT2D eigenvalue weighted by atomic mass is 16.3. The van der Waals surface area contributed by atoms with Crippen molar-refractivity contribution in [3.8, 4) is 11.3 Å². The molecule has 1 saturated heterocycles. The zero-order valence-electron chi connectivity index (χ0n) is 20.0. The van der Waals surface area contributed by atoms with Gasteiger partial charge in [-0.15, -0.1) is 5.10 Å². The minimum absolute atomic E-state index is 0.0161. The summed E-state index contributed by atoms with van der Waals surface area (Å²) in [7, 11) is 0.